The number of hydrogen-bond acceptors (Lipinski definition) is 3. The first-order valence-corrected chi connectivity index (χ1v) is 13.4. The summed E-state index contributed by atoms with van der Waals surface area (Å²) in [5.74, 6) is 0.783. The summed E-state index contributed by atoms with van der Waals surface area (Å²) >= 11 is 1.03. The van der Waals surface area contributed by atoms with Crippen molar-refractivity contribution >= 4 is 27.1 Å². The van der Waals surface area contributed by atoms with Gasteiger partial charge in [0.05, 0.1) is 11.0 Å². The van der Waals surface area contributed by atoms with Crippen molar-refractivity contribution in [3.8, 4) is 11.3 Å². The van der Waals surface area contributed by atoms with Gasteiger partial charge in [-0.15, -0.1) is 59.2 Å². The van der Waals surface area contributed by atoms with Crippen LogP contribution < -0.4 is 0 Å². The van der Waals surface area contributed by atoms with Crippen molar-refractivity contribution in [3.05, 3.63) is 125 Å². The molecule has 195 valence electrons. The van der Waals surface area contributed by atoms with E-state index in [1.54, 1.807) is 12.1 Å². The number of nitrogens with zero attached hydrogens (tertiary/aromatic N) is 2. The summed E-state index contributed by atoms with van der Waals surface area (Å²) in [5.41, 5.74) is 5.53. The van der Waals surface area contributed by atoms with Crippen LogP contribution >= 0.6 is 11.3 Å². The standard InChI is InChI=1S/C17H12NS.C17H20N.Ir/c1-2-9-15(16-10-5-6-12-18-16)13-19-17-11-4-3-8-14(17)7-1;1-13-6-11-17(18-12-13)16-9-7-15(8-10-16)14-4-2-3-5-14;/h1-8,10-13H;7-9,12,14H,2-6,11H2,1H3;/q2*-1;/i3D,4D,5D,6D,8D,10D,11D,12D;;. The van der Waals surface area contributed by atoms with Gasteiger partial charge in [0, 0.05) is 37.2 Å². The minimum Gasteiger partial charge on any atom is -0.309 e. The van der Waals surface area contributed by atoms with Gasteiger partial charge in [0.25, 0.3) is 0 Å². The molecule has 0 saturated heterocycles. The first kappa shape index (κ1) is 19.2. The van der Waals surface area contributed by atoms with Crippen LogP contribution in [0.2, 0.25) is 0 Å². The maximum Gasteiger partial charge on any atom is 0.0830 e. The average Bonchev–Trinajstić information content (AvgIpc) is 3.62. The SMILES string of the molecule is CC1=CN=C(c2[c-]cc(C3CCCC3)cc2)CC1.[2H]c1nc(-c2[c-]cccc3c([2H])c([2H])c([2H])c([2H])c3sc2)c([2H])c([2H])c1[2H].[Ir]. The molecule has 2 aromatic carbocycles. The van der Waals surface area contributed by atoms with E-state index in [1.165, 1.54) is 59.5 Å². The predicted molar refractivity (Wildman–Crippen MR) is 158 cm³/mol. The summed E-state index contributed by atoms with van der Waals surface area (Å²) in [4.78, 5) is 8.45. The molecule has 6 rings (SSSR count). The predicted octanol–water partition coefficient (Wildman–Crippen LogP) is 9.52. The molecule has 1 saturated carbocycles. The van der Waals surface area contributed by atoms with Crippen molar-refractivity contribution in [2.45, 2.75) is 51.4 Å². The zero-order valence-electron chi connectivity index (χ0n) is 29.1. The molecule has 2 aromatic heterocycles. The Morgan fingerprint density at radius 2 is 1.79 bits per heavy atom. The van der Waals surface area contributed by atoms with Crippen LogP contribution in [0.4, 0.5) is 0 Å². The molecule has 2 aliphatic rings. The second-order valence-corrected chi connectivity index (χ2v) is 9.96. The Balaban J connectivity index is 0.000000220. The van der Waals surface area contributed by atoms with E-state index in [2.05, 4.69) is 47.2 Å². The molecule has 2 nitrogen and oxygen atoms in total. The Kier molecular flexibility index (Phi) is 7.22. The Morgan fingerprint density at radius 1 is 0.947 bits per heavy atom. The van der Waals surface area contributed by atoms with E-state index in [4.69, 9.17) is 11.0 Å². The van der Waals surface area contributed by atoms with E-state index < -0.39 is 18.3 Å². The Hall–Kier alpha value is -2.91. The van der Waals surface area contributed by atoms with Gasteiger partial charge >= 0.3 is 0 Å². The van der Waals surface area contributed by atoms with Crippen LogP contribution in [0, 0.1) is 12.1 Å². The van der Waals surface area contributed by atoms with Crippen LogP contribution in [-0.4, -0.2) is 10.7 Å². The van der Waals surface area contributed by atoms with Crippen LogP contribution in [0.1, 0.15) is 73.5 Å². The molecule has 0 spiro atoms. The van der Waals surface area contributed by atoms with Gasteiger partial charge in [0.1, 0.15) is 0 Å². The molecule has 0 bridgehead atoms. The van der Waals surface area contributed by atoms with Crippen molar-refractivity contribution in [1.82, 2.24) is 4.98 Å². The summed E-state index contributed by atoms with van der Waals surface area (Å²) in [6, 6.07) is 15.5. The topological polar surface area (TPSA) is 25.2 Å². The summed E-state index contributed by atoms with van der Waals surface area (Å²) in [6.07, 6.45) is 9.27. The molecule has 1 radical (unpaired) electrons. The summed E-state index contributed by atoms with van der Waals surface area (Å²) in [5, 5.41) is 1.86. The number of rotatable bonds is 3. The molecule has 4 aromatic rings. The Bertz CT molecular complexity index is 1860. The number of aliphatic imine (C=N–C) groups is 1. The van der Waals surface area contributed by atoms with Crippen molar-refractivity contribution < 1.29 is 31.1 Å². The molecular formula is C34H32IrN2S-2. The number of benzene rings is 2. The van der Waals surface area contributed by atoms with E-state index in [0.717, 1.165) is 30.1 Å². The van der Waals surface area contributed by atoms with E-state index in [9.17, 15) is 0 Å². The van der Waals surface area contributed by atoms with Gasteiger partial charge in [0.15, 0.2) is 0 Å². The van der Waals surface area contributed by atoms with Gasteiger partial charge in [-0.1, -0.05) is 78.8 Å². The van der Waals surface area contributed by atoms with Crippen molar-refractivity contribution in [1.29, 1.82) is 0 Å². The second kappa shape index (κ2) is 14.3. The largest absolute Gasteiger partial charge is 0.309 e. The van der Waals surface area contributed by atoms with E-state index >= 15 is 0 Å². The van der Waals surface area contributed by atoms with Crippen LogP contribution in [0.15, 0.2) is 107 Å². The Labute approximate surface area is 255 Å². The monoisotopic (exact) mass is 701 g/mol. The van der Waals surface area contributed by atoms with Crippen molar-refractivity contribution in [2.24, 2.45) is 4.99 Å². The van der Waals surface area contributed by atoms with Gasteiger partial charge in [-0.05, 0) is 48.6 Å². The van der Waals surface area contributed by atoms with Gasteiger partial charge in [0.2, 0.25) is 0 Å². The summed E-state index contributed by atoms with van der Waals surface area (Å²) in [6.45, 7) is 2.15. The van der Waals surface area contributed by atoms with Crippen LogP contribution in [0.3, 0.4) is 0 Å². The zero-order valence-corrected chi connectivity index (χ0v) is 24.3. The number of hydrogen-bond donors (Lipinski definition) is 0. The summed E-state index contributed by atoms with van der Waals surface area (Å²) < 4.78 is 63.3. The maximum atomic E-state index is 8.12. The van der Waals surface area contributed by atoms with Crippen molar-refractivity contribution in [3.63, 3.8) is 0 Å². The van der Waals surface area contributed by atoms with Crippen molar-refractivity contribution in [2.75, 3.05) is 0 Å². The molecular weight excluding hydrogens is 661 g/mol. The third-order valence-electron chi connectivity index (χ3n) is 6.47. The molecule has 0 N–H and O–H groups in total. The fourth-order valence-corrected chi connectivity index (χ4v) is 5.17. The molecule has 0 amide bonds. The zero-order chi connectivity index (χ0) is 32.2. The molecule has 1 aliphatic heterocycles. The molecule has 4 heteroatoms. The Morgan fingerprint density at radius 3 is 2.58 bits per heavy atom. The third-order valence-corrected chi connectivity index (χ3v) is 7.38. The quantitative estimate of drug-likeness (QED) is 0.196. The third kappa shape index (κ3) is 7.57. The molecule has 1 fully saturated rings. The van der Waals surface area contributed by atoms with Crippen LogP contribution in [0.5, 0.6) is 0 Å². The fraction of sp³-hybridized carbons (Fsp3) is 0.235. The molecule has 3 heterocycles. The van der Waals surface area contributed by atoms with E-state index in [1.807, 2.05) is 6.20 Å². The van der Waals surface area contributed by atoms with Crippen LogP contribution in [0.25, 0.3) is 21.3 Å². The normalized spacial score (nSPS) is 17.8. The van der Waals surface area contributed by atoms with Gasteiger partial charge in [-0.3, -0.25) is 0 Å². The number of allylic oxidation sites excluding steroid dienone is 1. The first-order valence-electron chi connectivity index (χ1n) is 16.5. The van der Waals surface area contributed by atoms with E-state index in [-0.39, 0.29) is 61.6 Å². The number of pyridine rings is 1. The van der Waals surface area contributed by atoms with Crippen LogP contribution in [-0.2, 0) is 20.1 Å². The molecule has 1 aliphatic carbocycles. The first-order chi connectivity index (χ1) is 21.6. The van der Waals surface area contributed by atoms with Gasteiger partial charge in [-0.25, -0.2) is 0 Å². The van der Waals surface area contributed by atoms with Gasteiger partial charge < -0.3 is 9.98 Å². The number of fused-ring (bicyclic) bond motifs is 1. The van der Waals surface area contributed by atoms with Gasteiger partial charge in [-0.2, -0.15) is 11.3 Å². The maximum absolute atomic E-state index is 8.12. The minimum absolute atomic E-state index is 0. The smallest absolute Gasteiger partial charge is 0.0830 e. The molecule has 0 atom stereocenters. The number of aromatic nitrogens is 1. The minimum atomic E-state index is -0.427. The van der Waals surface area contributed by atoms with E-state index in [0.29, 0.717) is 10.1 Å². The average molecular weight is 701 g/mol. The molecule has 38 heavy (non-hydrogen) atoms. The molecule has 0 unspecified atom stereocenters. The summed E-state index contributed by atoms with van der Waals surface area (Å²) in [7, 11) is 0. The fourth-order valence-electron chi connectivity index (χ4n) is 4.40. The second-order valence-electron chi connectivity index (χ2n) is 9.08.